The molecule has 0 saturated carbocycles. The Morgan fingerprint density at radius 3 is 2.79 bits per heavy atom. The van der Waals surface area contributed by atoms with Gasteiger partial charge >= 0.3 is 0 Å². The summed E-state index contributed by atoms with van der Waals surface area (Å²) in [5.74, 6) is 0.944. The molecule has 0 radical (unpaired) electrons. The molecule has 1 saturated heterocycles. The van der Waals surface area contributed by atoms with Gasteiger partial charge in [0.2, 0.25) is 10.0 Å². The summed E-state index contributed by atoms with van der Waals surface area (Å²) in [4.78, 5) is 6.68. The quantitative estimate of drug-likeness (QED) is 0.763. The SMILES string of the molecule is CC1=N[C@@H](C)C(C)=C2C[C@H](NS(=O)(=O)CCN)CN12. The second-order valence-corrected chi connectivity index (χ2v) is 7.09. The zero-order chi connectivity index (χ0) is 14.2. The van der Waals surface area contributed by atoms with E-state index in [9.17, 15) is 8.42 Å². The maximum atomic E-state index is 11.8. The van der Waals surface area contributed by atoms with Gasteiger partial charge in [0.15, 0.2) is 0 Å². The van der Waals surface area contributed by atoms with Gasteiger partial charge in [0, 0.05) is 31.2 Å². The van der Waals surface area contributed by atoms with Crippen molar-refractivity contribution in [2.45, 2.75) is 39.3 Å². The summed E-state index contributed by atoms with van der Waals surface area (Å²) in [6.07, 6.45) is 0.729. The fraction of sp³-hybridized carbons (Fsp3) is 0.750. The van der Waals surface area contributed by atoms with Gasteiger partial charge in [-0.3, -0.25) is 4.99 Å². The summed E-state index contributed by atoms with van der Waals surface area (Å²) >= 11 is 0. The molecular formula is C12H22N4O2S. The third-order valence-corrected chi connectivity index (χ3v) is 5.22. The number of sulfonamides is 1. The van der Waals surface area contributed by atoms with Crippen LogP contribution in [0.1, 0.15) is 27.2 Å². The van der Waals surface area contributed by atoms with Crippen LogP contribution in [0.15, 0.2) is 16.3 Å². The first-order valence-electron chi connectivity index (χ1n) is 6.55. The molecule has 2 rings (SSSR count). The van der Waals surface area contributed by atoms with Crippen molar-refractivity contribution >= 4 is 15.9 Å². The van der Waals surface area contributed by atoms with Crippen molar-refractivity contribution in [1.82, 2.24) is 9.62 Å². The molecule has 0 aromatic carbocycles. The summed E-state index contributed by atoms with van der Waals surface area (Å²) in [6, 6.07) is 0.0996. The third-order valence-electron chi connectivity index (χ3n) is 3.75. The standard InChI is InChI=1S/C12H22N4O2S/c1-8-9(2)14-10(3)16-7-11(6-12(8)16)15-19(17,18)5-4-13/h9,11,15H,4-7,13H2,1-3H3/t9-,11-/m0/s1. The predicted molar refractivity (Wildman–Crippen MR) is 76.4 cm³/mol. The highest BCUT2D eigenvalue weighted by molar-refractivity contribution is 7.89. The van der Waals surface area contributed by atoms with Gasteiger partial charge in [-0.2, -0.15) is 0 Å². The van der Waals surface area contributed by atoms with E-state index in [-0.39, 0.29) is 24.4 Å². The molecule has 2 aliphatic heterocycles. The first kappa shape index (κ1) is 14.5. The molecular weight excluding hydrogens is 264 g/mol. The number of nitrogens with one attached hydrogen (secondary N) is 1. The van der Waals surface area contributed by atoms with Crippen LogP contribution < -0.4 is 10.5 Å². The maximum Gasteiger partial charge on any atom is 0.213 e. The van der Waals surface area contributed by atoms with Crippen LogP contribution in [-0.2, 0) is 10.0 Å². The smallest absolute Gasteiger partial charge is 0.213 e. The number of nitrogens with zero attached hydrogens (tertiary/aromatic N) is 2. The predicted octanol–water partition coefficient (Wildman–Crippen LogP) is 0.0333. The summed E-state index contributed by atoms with van der Waals surface area (Å²) in [5.41, 5.74) is 7.75. The van der Waals surface area contributed by atoms with Crippen molar-refractivity contribution in [2.75, 3.05) is 18.8 Å². The number of fused-ring (bicyclic) bond motifs is 1. The number of amidine groups is 1. The Morgan fingerprint density at radius 1 is 1.47 bits per heavy atom. The normalized spacial score (nSPS) is 27.6. The van der Waals surface area contributed by atoms with Crippen LogP contribution in [0.5, 0.6) is 0 Å². The van der Waals surface area contributed by atoms with Crippen LogP contribution in [0, 0.1) is 0 Å². The zero-order valence-electron chi connectivity index (χ0n) is 11.7. The Bertz CT molecular complexity index is 524. The Labute approximate surface area is 114 Å². The lowest BCUT2D eigenvalue weighted by Crippen LogP contribution is -2.40. The van der Waals surface area contributed by atoms with Crippen LogP contribution in [0.4, 0.5) is 0 Å². The Kier molecular flexibility index (Phi) is 3.98. The summed E-state index contributed by atoms with van der Waals surface area (Å²) < 4.78 is 26.3. The molecule has 0 aliphatic carbocycles. The number of hydrogen-bond acceptors (Lipinski definition) is 5. The van der Waals surface area contributed by atoms with E-state index in [2.05, 4.69) is 28.5 Å². The van der Waals surface area contributed by atoms with E-state index in [4.69, 9.17) is 5.73 Å². The van der Waals surface area contributed by atoms with Crippen molar-refractivity contribution in [3.8, 4) is 0 Å². The van der Waals surface area contributed by atoms with Crippen molar-refractivity contribution < 1.29 is 8.42 Å². The monoisotopic (exact) mass is 286 g/mol. The van der Waals surface area contributed by atoms with E-state index < -0.39 is 10.0 Å². The lowest BCUT2D eigenvalue weighted by molar-refractivity contribution is 0.509. The minimum absolute atomic E-state index is 0.0228. The number of hydrogen-bond donors (Lipinski definition) is 2. The Balaban J connectivity index is 2.13. The first-order chi connectivity index (χ1) is 8.84. The Morgan fingerprint density at radius 2 is 2.16 bits per heavy atom. The molecule has 6 nitrogen and oxygen atoms in total. The van der Waals surface area contributed by atoms with Crippen LogP contribution >= 0.6 is 0 Å². The number of nitrogens with two attached hydrogens (primary N) is 1. The number of rotatable bonds is 4. The van der Waals surface area contributed by atoms with Gasteiger partial charge < -0.3 is 10.6 Å². The van der Waals surface area contributed by atoms with Crippen LogP contribution in [0.2, 0.25) is 0 Å². The minimum atomic E-state index is -3.27. The highest BCUT2D eigenvalue weighted by atomic mass is 32.2. The van der Waals surface area contributed by atoms with E-state index >= 15 is 0 Å². The van der Waals surface area contributed by atoms with Gasteiger partial charge in [-0.1, -0.05) is 0 Å². The molecule has 108 valence electrons. The molecule has 2 aliphatic rings. The van der Waals surface area contributed by atoms with Crippen molar-refractivity contribution in [2.24, 2.45) is 10.7 Å². The summed E-state index contributed by atoms with van der Waals surface area (Å²) in [7, 11) is -3.27. The summed E-state index contributed by atoms with van der Waals surface area (Å²) in [5, 5.41) is 0. The molecule has 19 heavy (non-hydrogen) atoms. The van der Waals surface area contributed by atoms with Gasteiger partial charge in [-0.25, -0.2) is 13.1 Å². The van der Waals surface area contributed by atoms with Gasteiger partial charge in [0.25, 0.3) is 0 Å². The van der Waals surface area contributed by atoms with E-state index in [1.165, 1.54) is 11.3 Å². The Hall–Kier alpha value is -0.920. The molecule has 0 spiro atoms. The second-order valence-electron chi connectivity index (χ2n) is 5.22. The molecule has 1 fully saturated rings. The van der Waals surface area contributed by atoms with Crippen LogP contribution in [0.3, 0.4) is 0 Å². The van der Waals surface area contributed by atoms with Crippen LogP contribution in [0.25, 0.3) is 0 Å². The highest BCUT2D eigenvalue weighted by Crippen LogP contribution is 2.31. The van der Waals surface area contributed by atoms with Crippen molar-refractivity contribution in [3.63, 3.8) is 0 Å². The van der Waals surface area contributed by atoms with E-state index in [1.54, 1.807) is 0 Å². The zero-order valence-corrected chi connectivity index (χ0v) is 12.5. The molecule has 0 aromatic heterocycles. The summed E-state index contributed by atoms with van der Waals surface area (Å²) in [6.45, 7) is 6.90. The average Bonchev–Trinajstić information content (AvgIpc) is 2.69. The molecule has 0 bridgehead atoms. The molecule has 2 atom stereocenters. The van der Waals surface area contributed by atoms with Gasteiger partial charge in [-0.15, -0.1) is 0 Å². The van der Waals surface area contributed by atoms with Crippen LogP contribution in [-0.4, -0.2) is 50.1 Å². The molecule has 0 amide bonds. The molecule has 7 heteroatoms. The van der Waals surface area contributed by atoms with Crippen molar-refractivity contribution in [1.29, 1.82) is 0 Å². The third kappa shape index (κ3) is 2.98. The molecule has 0 unspecified atom stereocenters. The fourth-order valence-electron chi connectivity index (χ4n) is 2.67. The topological polar surface area (TPSA) is 87.8 Å². The minimum Gasteiger partial charge on any atom is -0.332 e. The van der Waals surface area contributed by atoms with Gasteiger partial charge in [-0.05, 0) is 26.3 Å². The molecule has 2 heterocycles. The van der Waals surface area contributed by atoms with Crippen molar-refractivity contribution in [3.05, 3.63) is 11.3 Å². The van der Waals surface area contributed by atoms with Gasteiger partial charge in [0.05, 0.1) is 11.8 Å². The first-order valence-corrected chi connectivity index (χ1v) is 8.21. The maximum absolute atomic E-state index is 11.8. The van der Waals surface area contributed by atoms with Gasteiger partial charge in [0.1, 0.15) is 5.84 Å². The molecule has 3 N–H and O–H groups in total. The van der Waals surface area contributed by atoms with E-state index in [1.807, 2.05) is 6.92 Å². The molecule has 0 aromatic rings. The van der Waals surface area contributed by atoms with E-state index in [0.29, 0.717) is 6.54 Å². The highest BCUT2D eigenvalue weighted by Gasteiger charge is 2.34. The second kappa shape index (κ2) is 5.22. The average molecular weight is 286 g/mol. The number of aliphatic imine (C=N–C) groups is 1. The lowest BCUT2D eigenvalue weighted by atomic mass is 10.0. The fourth-order valence-corrected chi connectivity index (χ4v) is 3.77. The lowest BCUT2D eigenvalue weighted by Gasteiger charge is -2.28. The largest absolute Gasteiger partial charge is 0.332 e. The van der Waals surface area contributed by atoms with E-state index in [0.717, 1.165) is 12.3 Å².